The van der Waals surface area contributed by atoms with Crippen molar-refractivity contribution in [3.05, 3.63) is 22.4 Å². The standard InChI is InChI=1S/C14H20N2O2S/c1-10(2)7-12-14(18)16(8-13(17)15-12)5-3-11-4-6-19-9-11/h4,6,9-10,12H,3,5,7-8H2,1-2H3,(H,15,17). The average molecular weight is 280 g/mol. The third-order valence-electron chi connectivity index (χ3n) is 3.24. The van der Waals surface area contributed by atoms with Gasteiger partial charge in [-0.1, -0.05) is 13.8 Å². The topological polar surface area (TPSA) is 49.4 Å². The number of carbonyl (C=O) groups excluding carboxylic acids is 2. The maximum atomic E-state index is 12.3. The number of piperazine rings is 1. The molecule has 19 heavy (non-hydrogen) atoms. The first kappa shape index (κ1) is 14.1. The van der Waals surface area contributed by atoms with Crippen LogP contribution < -0.4 is 5.32 Å². The SMILES string of the molecule is CC(C)CC1NC(=O)CN(CCc2ccsc2)C1=O. The van der Waals surface area contributed by atoms with Crippen LogP contribution in [0.2, 0.25) is 0 Å². The second kappa shape index (κ2) is 6.19. The summed E-state index contributed by atoms with van der Waals surface area (Å²) >= 11 is 1.65. The van der Waals surface area contributed by atoms with Crippen molar-refractivity contribution in [1.29, 1.82) is 0 Å². The molecule has 4 nitrogen and oxygen atoms in total. The fourth-order valence-electron chi connectivity index (χ4n) is 2.29. The van der Waals surface area contributed by atoms with Gasteiger partial charge in [-0.2, -0.15) is 11.3 Å². The Kier molecular flexibility index (Phi) is 4.58. The molecule has 1 aromatic heterocycles. The molecule has 104 valence electrons. The normalized spacial score (nSPS) is 19.9. The quantitative estimate of drug-likeness (QED) is 0.892. The first-order valence-corrected chi connectivity index (χ1v) is 7.59. The van der Waals surface area contributed by atoms with Gasteiger partial charge in [0.2, 0.25) is 11.8 Å². The molecule has 2 amide bonds. The zero-order chi connectivity index (χ0) is 13.8. The van der Waals surface area contributed by atoms with E-state index < -0.39 is 0 Å². The molecule has 1 aliphatic heterocycles. The lowest BCUT2D eigenvalue weighted by molar-refractivity contribution is -0.144. The molecule has 2 rings (SSSR count). The van der Waals surface area contributed by atoms with E-state index in [0.29, 0.717) is 18.9 Å². The van der Waals surface area contributed by atoms with Gasteiger partial charge in [0, 0.05) is 6.54 Å². The van der Waals surface area contributed by atoms with Crippen molar-refractivity contribution < 1.29 is 9.59 Å². The smallest absolute Gasteiger partial charge is 0.245 e. The van der Waals surface area contributed by atoms with E-state index in [2.05, 4.69) is 30.6 Å². The van der Waals surface area contributed by atoms with Gasteiger partial charge in [-0.3, -0.25) is 9.59 Å². The van der Waals surface area contributed by atoms with Crippen molar-refractivity contribution in [1.82, 2.24) is 10.2 Å². The van der Waals surface area contributed by atoms with Crippen LogP contribution in [-0.4, -0.2) is 35.8 Å². The second-order valence-electron chi connectivity index (χ2n) is 5.39. The largest absolute Gasteiger partial charge is 0.343 e. The summed E-state index contributed by atoms with van der Waals surface area (Å²) in [6.07, 6.45) is 1.52. The zero-order valence-electron chi connectivity index (χ0n) is 11.4. The van der Waals surface area contributed by atoms with Crippen LogP contribution in [0.3, 0.4) is 0 Å². The Balaban J connectivity index is 1.95. The van der Waals surface area contributed by atoms with Gasteiger partial charge in [-0.15, -0.1) is 0 Å². The highest BCUT2D eigenvalue weighted by Gasteiger charge is 2.32. The van der Waals surface area contributed by atoms with E-state index in [1.807, 2.05) is 5.38 Å². The molecular formula is C14H20N2O2S. The second-order valence-corrected chi connectivity index (χ2v) is 6.17. The van der Waals surface area contributed by atoms with Gasteiger partial charge in [-0.25, -0.2) is 0 Å². The molecule has 0 radical (unpaired) electrons. The number of thiophene rings is 1. The summed E-state index contributed by atoms with van der Waals surface area (Å²) < 4.78 is 0. The zero-order valence-corrected chi connectivity index (χ0v) is 12.2. The summed E-state index contributed by atoms with van der Waals surface area (Å²) in [5, 5.41) is 6.91. The molecule has 1 unspecified atom stereocenters. The third kappa shape index (κ3) is 3.80. The van der Waals surface area contributed by atoms with Crippen molar-refractivity contribution in [2.45, 2.75) is 32.7 Å². The molecule has 5 heteroatoms. The van der Waals surface area contributed by atoms with Crippen molar-refractivity contribution in [3.8, 4) is 0 Å². The molecule has 1 N–H and O–H groups in total. The summed E-state index contributed by atoms with van der Waals surface area (Å²) in [5.74, 6) is 0.408. The highest BCUT2D eigenvalue weighted by atomic mass is 32.1. The summed E-state index contributed by atoms with van der Waals surface area (Å²) in [6, 6.07) is 1.72. The Morgan fingerprint density at radius 2 is 2.26 bits per heavy atom. The number of rotatable bonds is 5. The van der Waals surface area contributed by atoms with Crippen LogP contribution in [0.25, 0.3) is 0 Å². The molecule has 1 fully saturated rings. The van der Waals surface area contributed by atoms with Gasteiger partial charge in [0.15, 0.2) is 0 Å². The van der Waals surface area contributed by atoms with E-state index in [4.69, 9.17) is 0 Å². The minimum Gasteiger partial charge on any atom is -0.343 e. The lowest BCUT2D eigenvalue weighted by Gasteiger charge is -2.33. The Morgan fingerprint density at radius 3 is 2.89 bits per heavy atom. The summed E-state index contributed by atoms with van der Waals surface area (Å²) in [7, 11) is 0. The van der Waals surface area contributed by atoms with Crippen molar-refractivity contribution >= 4 is 23.2 Å². The van der Waals surface area contributed by atoms with E-state index in [-0.39, 0.29) is 24.4 Å². The molecule has 1 saturated heterocycles. The van der Waals surface area contributed by atoms with Gasteiger partial charge in [0.25, 0.3) is 0 Å². The van der Waals surface area contributed by atoms with E-state index in [1.54, 1.807) is 16.2 Å². The molecule has 1 aromatic rings. The van der Waals surface area contributed by atoms with Crippen molar-refractivity contribution in [2.24, 2.45) is 5.92 Å². The fourth-order valence-corrected chi connectivity index (χ4v) is 3.00. The minimum atomic E-state index is -0.344. The molecular weight excluding hydrogens is 260 g/mol. The van der Waals surface area contributed by atoms with Crippen LogP contribution >= 0.6 is 11.3 Å². The number of hydrogen-bond donors (Lipinski definition) is 1. The monoisotopic (exact) mass is 280 g/mol. The third-order valence-corrected chi connectivity index (χ3v) is 3.97. The molecule has 2 heterocycles. The lowest BCUT2D eigenvalue weighted by atomic mass is 10.0. The number of nitrogens with zero attached hydrogens (tertiary/aromatic N) is 1. The first-order valence-electron chi connectivity index (χ1n) is 6.65. The van der Waals surface area contributed by atoms with Crippen LogP contribution in [0, 0.1) is 5.92 Å². The summed E-state index contributed by atoms with van der Waals surface area (Å²) in [4.78, 5) is 25.6. The Bertz CT molecular complexity index is 442. The number of hydrogen-bond acceptors (Lipinski definition) is 3. The summed E-state index contributed by atoms with van der Waals surface area (Å²) in [6.45, 7) is 4.93. The van der Waals surface area contributed by atoms with Crippen molar-refractivity contribution in [3.63, 3.8) is 0 Å². The molecule has 0 bridgehead atoms. The Morgan fingerprint density at radius 1 is 1.47 bits per heavy atom. The Labute approximate surface area is 117 Å². The molecule has 0 saturated carbocycles. The number of nitrogens with one attached hydrogen (secondary N) is 1. The van der Waals surface area contributed by atoms with E-state index >= 15 is 0 Å². The lowest BCUT2D eigenvalue weighted by Crippen LogP contribution is -2.58. The highest BCUT2D eigenvalue weighted by molar-refractivity contribution is 7.07. The average Bonchev–Trinajstić information content (AvgIpc) is 2.84. The van der Waals surface area contributed by atoms with Crippen LogP contribution in [0.5, 0.6) is 0 Å². The predicted molar refractivity (Wildman–Crippen MR) is 76.0 cm³/mol. The Hall–Kier alpha value is -1.36. The van der Waals surface area contributed by atoms with Crippen LogP contribution in [0.15, 0.2) is 16.8 Å². The predicted octanol–water partition coefficient (Wildman–Crippen LogP) is 1.66. The molecule has 0 spiro atoms. The molecule has 1 aliphatic rings. The van der Waals surface area contributed by atoms with Gasteiger partial charge in [0.05, 0.1) is 6.54 Å². The molecule has 0 aromatic carbocycles. The van der Waals surface area contributed by atoms with Crippen molar-refractivity contribution in [2.75, 3.05) is 13.1 Å². The fraction of sp³-hybridized carbons (Fsp3) is 0.571. The van der Waals surface area contributed by atoms with Gasteiger partial charge in [0.1, 0.15) is 6.04 Å². The van der Waals surface area contributed by atoms with Gasteiger partial charge < -0.3 is 10.2 Å². The first-order chi connectivity index (χ1) is 9.06. The molecule has 0 aliphatic carbocycles. The van der Waals surface area contributed by atoms with Gasteiger partial charge in [-0.05, 0) is 41.1 Å². The number of carbonyl (C=O) groups is 2. The summed E-state index contributed by atoms with van der Waals surface area (Å²) in [5.41, 5.74) is 1.23. The minimum absolute atomic E-state index is 0.0458. The van der Waals surface area contributed by atoms with Crippen LogP contribution in [0.1, 0.15) is 25.8 Å². The van der Waals surface area contributed by atoms with E-state index in [1.165, 1.54) is 5.56 Å². The van der Waals surface area contributed by atoms with Crippen LogP contribution in [-0.2, 0) is 16.0 Å². The van der Waals surface area contributed by atoms with E-state index in [0.717, 1.165) is 6.42 Å². The van der Waals surface area contributed by atoms with Gasteiger partial charge >= 0.3 is 0 Å². The highest BCUT2D eigenvalue weighted by Crippen LogP contribution is 2.13. The maximum absolute atomic E-state index is 12.3. The number of amides is 2. The van der Waals surface area contributed by atoms with Crippen LogP contribution in [0.4, 0.5) is 0 Å². The molecule has 1 atom stereocenters. The maximum Gasteiger partial charge on any atom is 0.245 e. The van der Waals surface area contributed by atoms with E-state index in [9.17, 15) is 9.59 Å².